The highest BCUT2D eigenvalue weighted by Gasteiger charge is 2.32. The fourth-order valence-electron chi connectivity index (χ4n) is 3.65. The Labute approximate surface area is 153 Å². The second-order valence-electron chi connectivity index (χ2n) is 6.88. The molecular formula is C22H23FN2O. The molecule has 134 valence electrons. The Morgan fingerprint density at radius 2 is 1.73 bits per heavy atom. The second kappa shape index (κ2) is 6.96. The van der Waals surface area contributed by atoms with Crippen LogP contribution in [0.1, 0.15) is 24.2 Å². The molecule has 0 amide bonds. The van der Waals surface area contributed by atoms with Gasteiger partial charge in [0.25, 0.3) is 0 Å². The van der Waals surface area contributed by atoms with E-state index in [9.17, 15) is 4.39 Å². The Morgan fingerprint density at radius 1 is 1.00 bits per heavy atom. The zero-order valence-electron chi connectivity index (χ0n) is 15.1. The number of nitrogens with one attached hydrogen (secondary N) is 1. The van der Waals surface area contributed by atoms with E-state index in [4.69, 9.17) is 4.74 Å². The molecule has 3 aromatic rings. The summed E-state index contributed by atoms with van der Waals surface area (Å²) in [5.74, 6) is -0.222. The van der Waals surface area contributed by atoms with Crippen LogP contribution in [0.2, 0.25) is 0 Å². The summed E-state index contributed by atoms with van der Waals surface area (Å²) in [4.78, 5) is 5.91. The standard InChI is InChI=1S/C22H23FN2O/c1-15-3-9-19(10-4-15)25-13-14-26-16(2)22(25)21-12-11-20(24-21)17-5-7-18(23)8-6-17/h3-12,16,22,24H,13-14H2,1-2H3. The van der Waals surface area contributed by atoms with E-state index in [1.165, 1.54) is 23.4 Å². The van der Waals surface area contributed by atoms with Crippen LogP contribution in [-0.4, -0.2) is 24.2 Å². The first-order chi connectivity index (χ1) is 12.6. The van der Waals surface area contributed by atoms with Crippen molar-refractivity contribution in [1.82, 2.24) is 4.98 Å². The van der Waals surface area contributed by atoms with Gasteiger partial charge in [-0.1, -0.05) is 17.7 Å². The number of morpholine rings is 1. The molecule has 0 bridgehead atoms. The van der Waals surface area contributed by atoms with Gasteiger partial charge < -0.3 is 14.6 Å². The summed E-state index contributed by atoms with van der Waals surface area (Å²) < 4.78 is 19.1. The minimum atomic E-state index is -0.222. The summed E-state index contributed by atoms with van der Waals surface area (Å²) in [6.07, 6.45) is 0.0739. The number of hydrogen-bond acceptors (Lipinski definition) is 2. The summed E-state index contributed by atoms with van der Waals surface area (Å²) in [5, 5.41) is 0. The zero-order chi connectivity index (χ0) is 18.1. The lowest BCUT2D eigenvalue weighted by Gasteiger charge is -2.41. The number of aryl methyl sites for hydroxylation is 1. The Bertz CT molecular complexity index is 870. The van der Waals surface area contributed by atoms with Crippen LogP contribution in [0.5, 0.6) is 0 Å². The Balaban J connectivity index is 1.67. The third-order valence-corrected chi connectivity index (χ3v) is 5.04. The van der Waals surface area contributed by atoms with E-state index in [1.807, 2.05) is 0 Å². The van der Waals surface area contributed by atoms with E-state index >= 15 is 0 Å². The molecule has 0 saturated carbocycles. The van der Waals surface area contributed by atoms with Crippen molar-refractivity contribution in [1.29, 1.82) is 0 Å². The van der Waals surface area contributed by atoms with Crippen LogP contribution in [0, 0.1) is 12.7 Å². The third-order valence-electron chi connectivity index (χ3n) is 5.04. The van der Waals surface area contributed by atoms with Gasteiger partial charge in [0.05, 0.1) is 18.8 Å². The maximum atomic E-state index is 13.2. The van der Waals surface area contributed by atoms with Gasteiger partial charge in [0.15, 0.2) is 0 Å². The van der Waals surface area contributed by atoms with E-state index in [0.717, 1.165) is 30.1 Å². The van der Waals surface area contributed by atoms with Crippen LogP contribution in [0.3, 0.4) is 0 Å². The normalized spacial score (nSPS) is 20.3. The molecule has 4 rings (SSSR count). The maximum absolute atomic E-state index is 13.2. The number of ether oxygens (including phenoxy) is 1. The number of hydrogen-bond donors (Lipinski definition) is 1. The molecule has 0 aliphatic carbocycles. The van der Waals surface area contributed by atoms with Crippen molar-refractivity contribution in [3.8, 4) is 11.3 Å². The topological polar surface area (TPSA) is 28.3 Å². The highest BCUT2D eigenvalue weighted by atomic mass is 19.1. The number of H-pyrrole nitrogens is 1. The predicted molar refractivity (Wildman–Crippen MR) is 103 cm³/mol. The Hall–Kier alpha value is -2.59. The fourth-order valence-corrected chi connectivity index (χ4v) is 3.65. The second-order valence-corrected chi connectivity index (χ2v) is 6.88. The summed E-state index contributed by atoms with van der Waals surface area (Å²) in [6.45, 7) is 5.78. The monoisotopic (exact) mass is 350 g/mol. The smallest absolute Gasteiger partial charge is 0.123 e. The first kappa shape index (κ1) is 16.9. The van der Waals surface area contributed by atoms with Crippen molar-refractivity contribution in [2.24, 2.45) is 0 Å². The number of aromatic nitrogens is 1. The lowest BCUT2D eigenvalue weighted by Crippen LogP contribution is -2.44. The van der Waals surface area contributed by atoms with Crippen molar-refractivity contribution in [3.63, 3.8) is 0 Å². The lowest BCUT2D eigenvalue weighted by atomic mass is 10.0. The molecule has 0 radical (unpaired) electrons. The molecule has 2 unspecified atom stereocenters. The molecule has 2 aromatic carbocycles. The number of halogens is 1. The van der Waals surface area contributed by atoms with Crippen LogP contribution < -0.4 is 4.90 Å². The van der Waals surface area contributed by atoms with Gasteiger partial charge in [-0.3, -0.25) is 0 Å². The van der Waals surface area contributed by atoms with E-state index < -0.39 is 0 Å². The SMILES string of the molecule is Cc1ccc(N2CCOC(C)C2c2ccc(-c3ccc(F)cc3)[nH]2)cc1. The highest BCUT2D eigenvalue weighted by molar-refractivity contribution is 5.60. The van der Waals surface area contributed by atoms with Gasteiger partial charge in [-0.2, -0.15) is 0 Å². The Morgan fingerprint density at radius 3 is 2.46 bits per heavy atom. The summed E-state index contributed by atoms with van der Waals surface area (Å²) in [5.41, 5.74) is 5.53. The fraction of sp³-hybridized carbons (Fsp3) is 0.273. The van der Waals surface area contributed by atoms with Crippen LogP contribution in [-0.2, 0) is 4.74 Å². The summed E-state index contributed by atoms with van der Waals surface area (Å²) in [7, 11) is 0. The van der Waals surface area contributed by atoms with Gasteiger partial charge in [0, 0.05) is 23.6 Å². The van der Waals surface area contributed by atoms with E-state index in [-0.39, 0.29) is 18.0 Å². The van der Waals surface area contributed by atoms with E-state index in [1.54, 1.807) is 12.1 Å². The molecular weight excluding hydrogens is 327 g/mol. The molecule has 1 saturated heterocycles. The van der Waals surface area contributed by atoms with Crippen molar-refractivity contribution in [2.75, 3.05) is 18.1 Å². The van der Waals surface area contributed by atoms with Gasteiger partial charge in [0.2, 0.25) is 0 Å². The van der Waals surface area contributed by atoms with Crippen LogP contribution in [0.15, 0.2) is 60.7 Å². The largest absolute Gasteiger partial charge is 0.374 e. The molecule has 1 fully saturated rings. The molecule has 3 nitrogen and oxygen atoms in total. The molecule has 4 heteroatoms. The summed E-state index contributed by atoms with van der Waals surface area (Å²) in [6, 6.07) is 19.5. The highest BCUT2D eigenvalue weighted by Crippen LogP contribution is 2.34. The maximum Gasteiger partial charge on any atom is 0.123 e. The number of aromatic amines is 1. The average molecular weight is 350 g/mol. The van der Waals surface area contributed by atoms with Crippen molar-refractivity contribution < 1.29 is 9.13 Å². The van der Waals surface area contributed by atoms with Gasteiger partial charge in [0.1, 0.15) is 5.82 Å². The van der Waals surface area contributed by atoms with Gasteiger partial charge in [-0.15, -0.1) is 0 Å². The minimum absolute atomic E-state index is 0.0739. The minimum Gasteiger partial charge on any atom is -0.374 e. The average Bonchev–Trinajstić information content (AvgIpc) is 3.12. The molecule has 1 aliphatic rings. The van der Waals surface area contributed by atoms with Gasteiger partial charge >= 0.3 is 0 Å². The van der Waals surface area contributed by atoms with Crippen LogP contribution >= 0.6 is 0 Å². The molecule has 2 atom stereocenters. The lowest BCUT2D eigenvalue weighted by molar-refractivity contribution is 0.0222. The molecule has 1 aliphatic heterocycles. The van der Waals surface area contributed by atoms with Crippen molar-refractivity contribution >= 4 is 5.69 Å². The van der Waals surface area contributed by atoms with E-state index in [2.05, 4.69) is 60.1 Å². The number of benzene rings is 2. The molecule has 0 spiro atoms. The predicted octanol–water partition coefficient (Wildman–Crippen LogP) is 5.10. The number of rotatable bonds is 3. The van der Waals surface area contributed by atoms with Crippen LogP contribution in [0.25, 0.3) is 11.3 Å². The third kappa shape index (κ3) is 3.25. The van der Waals surface area contributed by atoms with Crippen LogP contribution in [0.4, 0.5) is 10.1 Å². The molecule has 1 aromatic heterocycles. The number of anilines is 1. The van der Waals surface area contributed by atoms with Gasteiger partial charge in [-0.05, 0) is 67.9 Å². The Kier molecular flexibility index (Phi) is 4.51. The zero-order valence-corrected chi connectivity index (χ0v) is 15.1. The molecule has 26 heavy (non-hydrogen) atoms. The summed E-state index contributed by atoms with van der Waals surface area (Å²) >= 11 is 0. The first-order valence-electron chi connectivity index (χ1n) is 9.01. The van der Waals surface area contributed by atoms with Crippen molar-refractivity contribution in [2.45, 2.75) is 26.0 Å². The number of nitrogens with zero attached hydrogens (tertiary/aromatic N) is 1. The van der Waals surface area contributed by atoms with Crippen molar-refractivity contribution in [3.05, 3.63) is 77.7 Å². The van der Waals surface area contributed by atoms with E-state index in [0.29, 0.717) is 0 Å². The quantitative estimate of drug-likeness (QED) is 0.712. The first-order valence-corrected chi connectivity index (χ1v) is 9.01. The molecule has 1 N–H and O–H groups in total. The molecule has 2 heterocycles. The van der Waals surface area contributed by atoms with Gasteiger partial charge in [-0.25, -0.2) is 4.39 Å².